The summed E-state index contributed by atoms with van der Waals surface area (Å²) >= 11 is 3.43. The minimum absolute atomic E-state index is 0.136. The smallest absolute Gasteiger partial charge is 0.324 e. The zero-order chi connectivity index (χ0) is 10.7. The van der Waals surface area contributed by atoms with Crippen LogP contribution in [-0.4, -0.2) is 24.4 Å². The first-order valence-electron chi connectivity index (χ1n) is 4.87. The van der Waals surface area contributed by atoms with Crippen molar-refractivity contribution in [1.82, 2.24) is 5.32 Å². The topological polar surface area (TPSA) is 38.3 Å². The predicted octanol–water partition coefficient (Wildman–Crippen LogP) is 2.01. The van der Waals surface area contributed by atoms with E-state index in [0.717, 1.165) is 5.75 Å². The van der Waals surface area contributed by atoms with Gasteiger partial charge >= 0.3 is 5.97 Å². The third-order valence-electron chi connectivity index (χ3n) is 2.20. The number of carbonyl (C=O) groups excluding carboxylic acids is 1. The molecule has 1 aliphatic rings. The number of rotatable bonds is 3. The van der Waals surface area contributed by atoms with Gasteiger partial charge in [0.05, 0.1) is 12.0 Å². The largest absolute Gasteiger partial charge is 0.465 e. The summed E-state index contributed by atoms with van der Waals surface area (Å²) in [6.07, 6.45) is 0. The second kappa shape index (κ2) is 5.01. The molecule has 3 nitrogen and oxygen atoms in total. The number of hydrogen-bond donors (Lipinski definition) is 1. The van der Waals surface area contributed by atoms with E-state index in [1.165, 1.54) is 5.56 Å². The van der Waals surface area contributed by atoms with Gasteiger partial charge in [0.15, 0.2) is 0 Å². The van der Waals surface area contributed by atoms with E-state index in [2.05, 4.69) is 22.1 Å². The first-order valence-corrected chi connectivity index (χ1v) is 6.87. The van der Waals surface area contributed by atoms with Crippen molar-refractivity contribution in [1.29, 1.82) is 0 Å². The first kappa shape index (κ1) is 11.0. The third kappa shape index (κ3) is 2.53. The van der Waals surface area contributed by atoms with Gasteiger partial charge < -0.3 is 4.74 Å². The van der Waals surface area contributed by atoms with Crippen LogP contribution in [0.1, 0.15) is 17.9 Å². The summed E-state index contributed by atoms with van der Waals surface area (Å²) in [5, 5.41) is 7.67. The van der Waals surface area contributed by atoms with E-state index in [1.807, 2.05) is 6.92 Å². The molecule has 0 bridgehead atoms. The maximum absolute atomic E-state index is 11.5. The second-order valence-electron chi connectivity index (χ2n) is 3.24. The molecule has 0 unspecified atom stereocenters. The lowest BCUT2D eigenvalue weighted by Gasteiger charge is -2.11. The molecule has 0 aromatic carbocycles. The van der Waals surface area contributed by atoms with Gasteiger partial charge in [-0.15, -0.1) is 11.8 Å². The molecule has 5 heteroatoms. The van der Waals surface area contributed by atoms with Crippen LogP contribution in [0.5, 0.6) is 0 Å². The molecule has 1 aromatic heterocycles. The fourth-order valence-corrected chi connectivity index (χ4v) is 3.46. The molecule has 82 valence electrons. The average molecular weight is 243 g/mol. The molecule has 0 radical (unpaired) electrons. The number of hydrogen-bond acceptors (Lipinski definition) is 5. The maximum Gasteiger partial charge on any atom is 0.324 e. The van der Waals surface area contributed by atoms with Crippen molar-refractivity contribution in [3.63, 3.8) is 0 Å². The van der Waals surface area contributed by atoms with E-state index in [4.69, 9.17) is 4.74 Å². The van der Waals surface area contributed by atoms with Gasteiger partial charge in [0.2, 0.25) is 0 Å². The highest BCUT2D eigenvalue weighted by atomic mass is 32.2. The van der Waals surface area contributed by atoms with Crippen molar-refractivity contribution in [2.45, 2.75) is 18.3 Å². The van der Waals surface area contributed by atoms with Crippen molar-refractivity contribution >= 4 is 29.1 Å². The van der Waals surface area contributed by atoms with Crippen LogP contribution in [0.25, 0.3) is 0 Å². The highest BCUT2D eigenvalue weighted by Gasteiger charge is 2.31. The Bertz CT molecular complexity index is 326. The molecule has 2 rings (SSSR count). The molecule has 2 atom stereocenters. The molecule has 0 amide bonds. The van der Waals surface area contributed by atoms with Crippen LogP contribution in [0.2, 0.25) is 0 Å². The normalized spacial score (nSPS) is 25.4. The zero-order valence-electron chi connectivity index (χ0n) is 8.43. The van der Waals surface area contributed by atoms with Gasteiger partial charge in [0.25, 0.3) is 0 Å². The van der Waals surface area contributed by atoms with E-state index in [1.54, 1.807) is 23.1 Å². The van der Waals surface area contributed by atoms with Crippen molar-refractivity contribution in [2.75, 3.05) is 12.4 Å². The average Bonchev–Trinajstić information content (AvgIpc) is 2.89. The van der Waals surface area contributed by atoms with E-state index < -0.39 is 0 Å². The Labute approximate surface area is 97.2 Å². The number of nitrogens with one attached hydrogen (secondary N) is 1. The second-order valence-corrected chi connectivity index (χ2v) is 5.16. The van der Waals surface area contributed by atoms with Gasteiger partial charge in [-0.2, -0.15) is 11.3 Å². The van der Waals surface area contributed by atoms with Crippen LogP contribution in [0, 0.1) is 0 Å². The summed E-state index contributed by atoms with van der Waals surface area (Å²) in [4.78, 5) is 11.5. The van der Waals surface area contributed by atoms with E-state index in [9.17, 15) is 4.79 Å². The fourth-order valence-electron chi connectivity index (χ4n) is 1.47. The Morgan fingerprint density at radius 2 is 2.60 bits per heavy atom. The zero-order valence-corrected chi connectivity index (χ0v) is 10.1. The number of esters is 1. The van der Waals surface area contributed by atoms with Gasteiger partial charge in [-0.05, 0) is 29.3 Å². The molecule has 15 heavy (non-hydrogen) atoms. The number of carbonyl (C=O) groups is 1. The first-order chi connectivity index (χ1) is 7.31. The molecule has 1 aromatic rings. The molecule has 2 heterocycles. The monoisotopic (exact) mass is 243 g/mol. The van der Waals surface area contributed by atoms with Gasteiger partial charge in [-0.3, -0.25) is 10.1 Å². The molecule has 1 fully saturated rings. The van der Waals surface area contributed by atoms with E-state index >= 15 is 0 Å². The Morgan fingerprint density at radius 3 is 3.27 bits per heavy atom. The van der Waals surface area contributed by atoms with Gasteiger partial charge in [-0.1, -0.05) is 0 Å². The molecule has 1 N–H and O–H groups in total. The molecule has 1 saturated heterocycles. The highest BCUT2D eigenvalue weighted by Crippen LogP contribution is 2.33. The lowest BCUT2D eigenvalue weighted by molar-refractivity contribution is -0.144. The lowest BCUT2D eigenvalue weighted by Crippen LogP contribution is -2.35. The quantitative estimate of drug-likeness (QED) is 0.824. The van der Waals surface area contributed by atoms with E-state index in [0.29, 0.717) is 6.61 Å². The summed E-state index contributed by atoms with van der Waals surface area (Å²) in [6.45, 7) is 2.28. The molecule has 0 spiro atoms. The Morgan fingerprint density at radius 1 is 1.73 bits per heavy atom. The van der Waals surface area contributed by atoms with Crippen molar-refractivity contribution < 1.29 is 9.53 Å². The Balaban J connectivity index is 1.92. The molecule has 1 aliphatic heterocycles. The van der Waals surface area contributed by atoms with Crippen molar-refractivity contribution in [2.24, 2.45) is 0 Å². The summed E-state index contributed by atoms with van der Waals surface area (Å²) in [5.74, 6) is 0.655. The minimum Gasteiger partial charge on any atom is -0.465 e. The summed E-state index contributed by atoms with van der Waals surface area (Å²) in [6, 6.07) is 1.93. The lowest BCUT2D eigenvalue weighted by atomic mass is 10.3. The SMILES string of the molecule is CCOC(=O)[C@@H]1CS[C@H](c2ccsc2)N1. The third-order valence-corrected chi connectivity index (χ3v) is 4.17. The van der Waals surface area contributed by atoms with Crippen LogP contribution >= 0.6 is 23.1 Å². The fraction of sp³-hybridized carbons (Fsp3) is 0.500. The van der Waals surface area contributed by atoms with Crippen LogP contribution in [0.15, 0.2) is 16.8 Å². The number of ether oxygens (including phenoxy) is 1. The molecular weight excluding hydrogens is 230 g/mol. The predicted molar refractivity (Wildman–Crippen MR) is 63.1 cm³/mol. The van der Waals surface area contributed by atoms with Crippen LogP contribution < -0.4 is 5.32 Å². The maximum atomic E-state index is 11.5. The summed E-state index contributed by atoms with van der Waals surface area (Å²) < 4.78 is 4.98. The van der Waals surface area contributed by atoms with Crippen molar-refractivity contribution in [3.8, 4) is 0 Å². The van der Waals surface area contributed by atoms with Crippen LogP contribution in [0.4, 0.5) is 0 Å². The Hall–Kier alpha value is -0.520. The van der Waals surface area contributed by atoms with Gasteiger partial charge in [0, 0.05) is 5.75 Å². The van der Waals surface area contributed by atoms with Crippen molar-refractivity contribution in [3.05, 3.63) is 22.4 Å². The Kier molecular flexibility index (Phi) is 3.66. The number of thioether (sulfide) groups is 1. The van der Waals surface area contributed by atoms with E-state index in [-0.39, 0.29) is 17.4 Å². The standard InChI is InChI=1S/C10H13NO2S2/c1-2-13-10(12)8-6-15-9(11-8)7-3-4-14-5-7/h3-5,8-9,11H,2,6H2,1H3/t8-,9+/m0/s1. The molecule has 0 aliphatic carbocycles. The molecular formula is C10H13NO2S2. The van der Waals surface area contributed by atoms with Gasteiger partial charge in [-0.25, -0.2) is 0 Å². The number of thiophene rings is 1. The minimum atomic E-state index is -0.153. The highest BCUT2D eigenvalue weighted by molar-refractivity contribution is 7.99. The summed E-state index contributed by atoms with van der Waals surface area (Å²) in [5.41, 5.74) is 1.25. The van der Waals surface area contributed by atoms with Crippen LogP contribution in [0.3, 0.4) is 0 Å². The molecule has 0 saturated carbocycles. The summed E-state index contributed by atoms with van der Waals surface area (Å²) in [7, 11) is 0. The van der Waals surface area contributed by atoms with Crippen LogP contribution in [-0.2, 0) is 9.53 Å². The van der Waals surface area contributed by atoms with Gasteiger partial charge in [0.1, 0.15) is 6.04 Å².